The fourth-order valence-corrected chi connectivity index (χ4v) is 3.67. The van der Waals surface area contributed by atoms with Crippen LogP contribution in [0.3, 0.4) is 0 Å². The maximum Gasteiger partial charge on any atom is 0.317 e. The third kappa shape index (κ3) is 5.78. The van der Waals surface area contributed by atoms with Gasteiger partial charge in [-0.1, -0.05) is 25.5 Å². The van der Waals surface area contributed by atoms with E-state index < -0.39 is 0 Å². The third-order valence-electron chi connectivity index (χ3n) is 5.09. The molecule has 1 aliphatic rings. The number of hydrogen-bond acceptors (Lipinski definition) is 4. The van der Waals surface area contributed by atoms with E-state index in [2.05, 4.69) is 17.6 Å². The first-order valence-corrected chi connectivity index (χ1v) is 10.3. The van der Waals surface area contributed by atoms with E-state index in [1.54, 1.807) is 19.1 Å². The molecule has 2 rings (SSSR count). The Morgan fingerprint density at radius 3 is 2.48 bits per heavy atom. The number of para-hydroxylation sites is 1. The van der Waals surface area contributed by atoms with Crippen LogP contribution in [0.5, 0.6) is 11.5 Å². The summed E-state index contributed by atoms with van der Waals surface area (Å²) in [6.07, 6.45) is 1.94. The van der Waals surface area contributed by atoms with Gasteiger partial charge in [0.1, 0.15) is 0 Å². The van der Waals surface area contributed by atoms with Crippen LogP contribution in [-0.4, -0.2) is 56.2 Å². The van der Waals surface area contributed by atoms with Crippen LogP contribution in [0.1, 0.15) is 52.0 Å². The van der Waals surface area contributed by atoms with Crippen LogP contribution in [0.25, 0.3) is 0 Å². The first-order chi connectivity index (χ1) is 13.7. The third-order valence-corrected chi connectivity index (χ3v) is 5.09. The van der Waals surface area contributed by atoms with Crippen molar-refractivity contribution in [2.45, 2.75) is 52.0 Å². The molecular weight excluding hydrogens is 370 g/mol. The zero-order valence-electron chi connectivity index (χ0n) is 18.5. The molecule has 7 nitrogen and oxygen atoms in total. The number of ether oxygens (including phenoxy) is 2. The van der Waals surface area contributed by atoms with Gasteiger partial charge in [0.15, 0.2) is 11.5 Å². The van der Waals surface area contributed by atoms with E-state index in [0.29, 0.717) is 31.1 Å². The van der Waals surface area contributed by atoms with E-state index in [-0.39, 0.29) is 29.3 Å². The van der Waals surface area contributed by atoms with Gasteiger partial charge >= 0.3 is 6.03 Å². The summed E-state index contributed by atoms with van der Waals surface area (Å²) in [5.41, 5.74) is 0.537. The van der Waals surface area contributed by atoms with Gasteiger partial charge in [-0.25, -0.2) is 4.79 Å². The van der Waals surface area contributed by atoms with Crippen molar-refractivity contribution >= 4 is 11.9 Å². The Hall–Kier alpha value is -2.44. The van der Waals surface area contributed by atoms with E-state index in [4.69, 9.17) is 9.47 Å². The van der Waals surface area contributed by atoms with Crippen LogP contribution in [-0.2, 0) is 4.79 Å². The van der Waals surface area contributed by atoms with Crippen LogP contribution < -0.4 is 20.1 Å². The van der Waals surface area contributed by atoms with Crippen molar-refractivity contribution in [3.8, 4) is 11.5 Å². The van der Waals surface area contributed by atoms with Crippen molar-refractivity contribution in [1.29, 1.82) is 0 Å². The molecule has 7 heteroatoms. The number of unbranched alkanes of at least 4 members (excludes halogenated alkanes) is 1. The molecule has 3 amide bonds. The molecule has 1 aliphatic heterocycles. The van der Waals surface area contributed by atoms with Crippen LogP contribution in [0.15, 0.2) is 18.2 Å². The van der Waals surface area contributed by atoms with Crippen LogP contribution in [0.2, 0.25) is 0 Å². The van der Waals surface area contributed by atoms with Crippen molar-refractivity contribution in [3.05, 3.63) is 23.8 Å². The van der Waals surface area contributed by atoms with Crippen molar-refractivity contribution in [2.24, 2.45) is 5.92 Å². The molecule has 0 saturated carbocycles. The Bertz CT molecular complexity index is 714. The highest BCUT2D eigenvalue weighted by Gasteiger charge is 2.42. The fraction of sp³-hybridized carbons (Fsp3) is 0.636. The zero-order valence-corrected chi connectivity index (χ0v) is 18.5. The van der Waals surface area contributed by atoms with E-state index >= 15 is 0 Å². The van der Waals surface area contributed by atoms with Gasteiger partial charge in [-0.2, -0.15) is 0 Å². The van der Waals surface area contributed by atoms with Gasteiger partial charge in [0.25, 0.3) is 0 Å². The number of likely N-dealkylation sites (tertiary alicyclic amines) is 1. The molecule has 0 aromatic heterocycles. The number of nitrogens with zero attached hydrogens (tertiary/aromatic N) is 1. The number of methoxy groups -OCH3 is 2. The van der Waals surface area contributed by atoms with Crippen molar-refractivity contribution in [1.82, 2.24) is 15.5 Å². The van der Waals surface area contributed by atoms with Gasteiger partial charge in [-0.3, -0.25) is 4.79 Å². The minimum atomic E-state index is -0.349. The molecule has 1 heterocycles. The van der Waals surface area contributed by atoms with Gasteiger partial charge < -0.3 is 25.0 Å². The molecule has 0 spiro atoms. The van der Waals surface area contributed by atoms with Crippen LogP contribution >= 0.6 is 0 Å². The van der Waals surface area contributed by atoms with Crippen molar-refractivity contribution in [2.75, 3.05) is 33.9 Å². The molecule has 1 aromatic carbocycles. The highest BCUT2D eigenvalue weighted by molar-refractivity contribution is 5.83. The van der Waals surface area contributed by atoms with E-state index in [0.717, 1.165) is 18.4 Å². The summed E-state index contributed by atoms with van der Waals surface area (Å²) in [6.45, 7) is 9.36. The molecule has 162 valence electrons. The molecule has 0 bridgehead atoms. The molecule has 1 saturated heterocycles. The lowest BCUT2D eigenvalue weighted by Crippen LogP contribution is -2.48. The molecule has 2 atom stereocenters. The number of carbonyl (C=O) groups excluding carboxylic acids is 2. The van der Waals surface area contributed by atoms with Crippen molar-refractivity contribution < 1.29 is 19.1 Å². The summed E-state index contributed by atoms with van der Waals surface area (Å²) in [4.78, 5) is 27.5. The minimum absolute atomic E-state index is 0.0284. The maximum atomic E-state index is 13.0. The Kier molecular flexibility index (Phi) is 7.76. The highest BCUT2D eigenvalue weighted by Crippen LogP contribution is 2.42. The first-order valence-electron chi connectivity index (χ1n) is 10.3. The predicted molar refractivity (Wildman–Crippen MR) is 114 cm³/mol. The number of benzene rings is 1. The second-order valence-corrected chi connectivity index (χ2v) is 8.53. The van der Waals surface area contributed by atoms with Gasteiger partial charge in [0, 0.05) is 36.7 Å². The molecule has 0 unspecified atom stereocenters. The number of carbonyl (C=O) groups is 2. The Balaban J connectivity index is 2.33. The van der Waals surface area contributed by atoms with E-state index in [1.807, 2.05) is 39.0 Å². The maximum absolute atomic E-state index is 13.0. The number of urea groups is 1. The van der Waals surface area contributed by atoms with Gasteiger partial charge in [0.05, 0.1) is 20.1 Å². The molecule has 1 aromatic rings. The lowest BCUT2D eigenvalue weighted by Gasteiger charge is -2.25. The topological polar surface area (TPSA) is 79.9 Å². The lowest BCUT2D eigenvalue weighted by atomic mass is 9.87. The number of hydrogen-bond donors (Lipinski definition) is 2. The average molecular weight is 406 g/mol. The van der Waals surface area contributed by atoms with Gasteiger partial charge in [0.2, 0.25) is 5.91 Å². The second-order valence-electron chi connectivity index (χ2n) is 8.53. The normalized spacial score (nSPS) is 19.0. The predicted octanol–water partition coefficient (Wildman–Crippen LogP) is 3.14. The summed E-state index contributed by atoms with van der Waals surface area (Å²) in [5.74, 6) is 0.683. The van der Waals surface area contributed by atoms with Gasteiger partial charge in [-0.15, -0.1) is 0 Å². The Morgan fingerprint density at radius 1 is 1.17 bits per heavy atom. The molecule has 0 aliphatic carbocycles. The SMILES string of the molecule is CCCCNC(=O)[C@@H]1CN(C(=O)NC(C)(C)C)C[C@@H]1c1cccc(OC)c1OC. The minimum Gasteiger partial charge on any atom is -0.493 e. The zero-order chi connectivity index (χ0) is 21.6. The van der Waals surface area contributed by atoms with Crippen LogP contribution in [0, 0.1) is 5.92 Å². The Labute approximate surface area is 174 Å². The van der Waals surface area contributed by atoms with Crippen LogP contribution in [0.4, 0.5) is 4.79 Å². The fourth-order valence-electron chi connectivity index (χ4n) is 3.67. The quantitative estimate of drug-likeness (QED) is 0.683. The standard InChI is InChI=1S/C22H35N3O4/c1-7-8-12-23-20(26)17-14-25(21(27)24-22(2,3)4)13-16(17)15-10-9-11-18(28-5)19(15)29-6/h9-11,16-17H,7-8,12-14H2,1-6H3,(H,23,26)(H,24,27)/t16-,17-/m1/s1. The number of amides is 3. The number of rotatable bonds is 7. The van der Waals surface area contributed by atoms with Gasteiger partial charge in [-0.05, 0) is 33.3 Å². The van der Waals surface area contributed by atoms with E-state index in [1.165, 1.54) is 0 Å². The van der Waals surface area contributed by atoms with Crippen molar-refractivity contribution in [3.63, 3.8) is 0 Å². The van der Waals surface area contributed by atoms with E-state index in [9.17, 15) is 9.59 Å². The molecule has 0 radical (unpaired) electrons. The first kappa shape index (κ1) is 22.8. The lowest BCUT2D eigenvalue weighted by molar-refractivity contribution is -0.124. The highest BCUT2D eigenvalue weighted by atomic mass is 16.5. The number of nitrogens with one attached hydrogen (secondary N) is 2. The molecule has 29 heavy (non-hydrogen) atoms. The average Bonchev–Trinajstić information content (AvgIpc) is 3.11. The monoisotopic (exact) mass is 405 g/mol. The Morgan fingerprint density at radius 2 is 1.90 bits per heavy atom. The second kappa shape index (κ2) is 9.85. The summed E-state index contributed by atoms with van der Waals surface area (Å²) in [6, 6.07) is 5.51. The summed E-state index contributed by atoms with van der Waals surface area (Å²) < 4.78 is 11.0. The molecule has 2 N–H and O–H groups in total. The summed E-state index contributed by atoms with van der Waals surface area (Å²) in [7, 11) is 3.19. The smallest absolute Gasteiger partial charge is 0.317 e. The summed E-state index contributed by atoms with van der Waals surface area (Å²) >= 11 is 0. The largest absolute Gasteiger partial charge is 0.493 e. The molecular formula is C22H35N3O4. The summed E-state index contributed by atoms with van der Waals surface area (Å²) in [5, 5.41) is 6.03. The molecule has 1 fully saturated rings.